The lowest BCUT2D eigenvalue weighted by Crippen LogP contribution is -1.99. The zero-order chi connectivity index (χ0) is 6.41. The highest BCUT2D eigenvalue weighted by molar-refractivity contribution is 7.80. The fourth-order valence-corrected chi connectivity index (χ4v) is 0.759. The van der Waals surface area contributed by atoms with Gasteiger partial charge in [0.05, 0.1) is 6.61 Å². The fraction of sp³-hybridized carbons (Fsp3) is 0.833. The molecule has 0 amide bonds. The Bertz CT molecular complexity index is 62.9. The molecule has 0 N–H and O–H groups in total. The van der Waals surface area contributed by atoms with Crippen LogP contribution in [0.5, 0.6) is 0 Å². The molecule has 0 heterocycles. The molecule has 0 aliphatic carbocycles. The molecule has 0 fully saturated rings. The van der Waals surface area contributed by atoms with Crippen molar-refractivity contribution in [1.82, 2.24) is 0 Å². The zero-order valence-corrected chi connectivity index (χ0v) is 6.25. The summed E-state index contributed by atoms with van der Waals surface area (Å²) < 4.78 is 5.01. The normalized spacial score (nSPS) is 8.75. The molecule has 8 heavy (non-hydrogen) atoms. The minimum Gasteiger partial charge on any atom is -0.487 e. The summed E-state index contributed by atoms with van der Waals surface area (Å²) in [5, 5.41) is 0.745. The van der Waals surface area contributed by atoms with Gasteiger partial charge in [-0.05, 0) is 25.6 Å². The quantitative estimate of drug-likeness (QED) is 0.544. The second-order valence-electron chi connectivity index (χ2n) is 1.56. The molecule has 0 aromatic rings. The van der Waals surface area contributed by atoms with E-state index < -0.39 is 0 Å². The van der Waals surface area contributed by atoms with Crippen molar-refractivity contribution in [2.45, 2.75) is 26.7 Å². The van der Waals surface area contributed by atoms with E-state index in [9.17, 15) is 0 Å². The summed E-state index contributed by atoms with van der Waals surface area (Å²) in [5.74, 6) is 0. The SMILES string of the molecule is CCCC(=S)OCC. The maximum absolute atomic E-state index is 5.01. The minimum atomic E-state index is 0.707. The smallest absolute Gasteiger partial charge is 0.159 e. The summed E-state index contributed by atoms with van der Waals surface area (Å²) >= 11 is 4.83. The highest BCUT2D eigenvalue weighted by atomic mass is 32.1. The van der Waals surface area contributed by atoms with E-state index in [1.54, 1.807) is 0 Å². The van der Waals surface area contributed by atoms with E-state index in [-0.39, 0.29) is 0 Å². The summed E-state index contributed by atoms with van der Waals surface area (Å²) in [4.78, 5) is 0. The predicted octanol–water partition coefficient (Wildman–Crippen LogP) is 2.15. The van der Waals surface area contributed by atoms with E-state index in [2.05, 4.69) is 6.92 Å². The third-order valence-electron chi connectivity index (χ3n) is 0.759. The number of ether oxygens (including phenoxy) is 1. The van der Waals surface area contributed by atoms with Crippen LogP contribution in [0.3, 0.4) is 0 Å². The molecule has 0 spiro atoms. The lowest BCUT2D eigenvalue weighted by Gasteiger charge is -2.00. The molecular formula is C6H12OS. The third-order valence-corrected chi connectivity index (χ3v) is 1.08. The van der Waals surface area contributed by atoms with Crippen molar-refractivity contribution >= 4 is 17.3 Å². The van der Waals surface area contributed by atoms with Gasteiger partial charge in [0.2, 0.25) is 0 Å². The lowest BCUT2D eigenvalue weighted by molar-refractivity contribution is 0.326. The molecule has 0 aromatic carbocycles. The third kappa shape index (κ3) is 4.06. The molecule has 0 radical (unpaired) electrons. The van der Waals surface area contributed by atoms with Gasteiger partial charge in [0.25, 0.3) is 0 Å². The summed E-state index contributed by atoms with van der Waals surface area (Å²) in [5.41, 5.74) is 0. The van der Waals surface area contributed by atoms with Crippen LogP contribution in [-0.4, -0.2) is 11.7 Å². The van der Waals surface area contributed by atoms with Gasteiger partial charge in [-0.2, -0.15) is 0 Å². The minimum absolute atomic E-state index is 0.707. The van der Waals surface area contributed by atoms with Crippen molar-refractivity contribution in [3.8, 4) is 0 Å². The second-order valence-corrected chi connectivity index (χ2v) is 2.01. The van der Waals surface area contributed by atoms with Crippen LogP contribution in [0.4, 0.5) is 0 Å². The van der Waals surface area contributed by atoms with Gasteiger partial charge in [0.15, 0.2) is 5.05 Å². The van der Waals surface area contributed by atoms with Gasteiger partial charge in [-0.25, -0.2) is 0 Å². The lowest BCUT2D eigenvalue weighted by atomic mass is 10.4. The van der Waals surface area contributed by atoms with Crippen LogP contribution in [0.15, 0.2) is 0 Å². The maximum Gasteiger partial charge on any atom is 0.159 e. The van der Waals surface area contributed by atoms with Crippen molar-refractivity contribution in [1.29, 1.82) is 0 Å². The first kappa shape index (κ1) is 7.89. The Labute approximate surface area is 56.0 Å². The number of rotatable bonds is 3. The van der Waals surface area contributed by atoms with Crippen LogP contribution >= 0.6 is 12.2 Å². The van der Waals surface area contributed by atoms with Crippen molar-refractivity contribution < 1.29 is 4.74 Å². The van der Waals surface area contributed by atoms with E-state index >= 15 is 0 Å². The Morgan fingerprint density at radius 3 is 2.50 bits per heavy atom. The highest BCUT2D eigenvalue weighted by Gasteiger charge is 1.90. The summed E-state index contributed by atoms with van der Waals surface area (Å²) in [6.07, 6.45) is 2.00. The predicted molar refractivity (Wildman–Crippen MR) is 39.1 cm³/mol. The Morgan fingerprint density at radius 1 is 1.50 bits per heavy atom. The highest BCUT2D eigenvalue weighted by Crippen LogP contribution is 1.92. The van der Waals surface area contributed by atoms with Gasteiger partial charge in [-0.1, -0.05) is 6.92 Å². The average molecular weight is 132 g/mol. The number of hydrogen-bond acceptors (Lipinski definition) is 2. The van der Waals surface area contributed by atoms with Crippen LogP contribution in [0.25, 0.3) is 0 Å². The molecule has 48 valence electrons. The van der Waals surface area contributed by atoms with E-state index in [1.165, 1.54) is 0 Å². The Morgan fingerprint density at radius 2 is 2.12 bits per heavy atom. The molecule has 0 saturated heterocycles. The molecular weight excluding hydrogens is 120 g/mol. The second kappa shape index (κ2) is 5.04. The van der Waals surface area contributed by atoms with Gasteiger partial charge >= 0.3 is 0 Å². The first-order valence-electron chi connectivity index (χ1n) is 2.96. The average Bonchev–Trinajstić information content (AvgIpc) is 1.68. The van der Waals surface area contributed by atoms with E-state index in [4.69, 9.17) is 17.0 Å². The molecule has 0 saturated carbocycles. The van der Waals surface area contributed by atoms with Crippen LogP contribution in [0.2, 0.25) is 0 Å². The molecule has 0 rings (SSSR count). The van der Waals surface area contributed by atoms with Crippen molar-refractivity contribution in [3.63, 3.8) is 0 Å². The Hall–Kier alpha value is -0.110. The molecule has 0 atom stereocenters. The van der Waals surface area contributed by atoms with Gasteiger partial charge in [-0.15, -0.1) is 0 Å². The van der Waals surface area contributed by atoms with Gasteiger partial charge in [0.1, 0.15) is 0 Å². The van der Waals surface area contributed by atoms with E-state index in [1.807, 2.05) is 6.92 Å². The number of hydrogen-bond donors (Lipinski definition) is 0. The van der Waals surface area contributed by atoms with Gasteiger partial charge in [0, 0.05) is 6.42 Å². The van der Waals surface area contributed by atoms with E-state index in [0.29, 0.717) is 6.61 Å². The summed E-state index contributed by atoms with van der Waals surface area (Å²) in [6, 6.07) is 0. The Balaban J connectivity index is 3.06. The van der Waals surface area contributed by atoms with Crippen LogP contribution < -0.4 is 0 Å². The topological polar surface area (TPSA) is 9.23 Å². The molecule has 0 unspecified atom stereocenters. The van der Waals surface area contributed by atoms with Crippen LogP contribution in [0.1, 0.15) is 26.7 Å². The Kier molecular flexibility index (Phi) is 4.97. The first-order chi connectivity index (χ1) is 3.81. The largest absolute Gasteiger partial charge is 0.487 e. The van der Waals surface area contributed by atoms with Crippen LogP contribution in [-0.2, 0) is 4.74 Å². The standard InChI is InChI=1S/C6H12OS/c1-3-5-6(8)7-4-2/h3-5H2,1-2H3. The molecule has 0 bridgehead atoms. The summed E-state index contributed by atoms with van der Waals surface area (Å²) in [6.45, 7) is 4.74. The van der Waals surface area contributed by atoms with Gasteiger partial charge < -0.3 is 4.74 Å². The maximum atomic E-state index is 5.01. The molecule has 1 nitrogen and oxygen atoms in total. The molecule has 0 aliphatic heterocycles. The molecule has 0 aromatic heterocycles. The van der Waals surface area contributed by atoms with Crippen molar-refractivity contribution in [3.05, 3.63) is 0 Å². The summed E-state index contributed by atoms with van der Waals surface area (Å²) in [7, 11) is 0. The molecule has 0 aliphatic rings. The number of thiocarbonyl (C=S) groups is 1. The van der Waals surface area contributed by atoms with Crippen molar-refractivity contribution in [2.24, 2.45) is 0 Å². The monoisotopic (exact) mass is 132 g/mol. The first-order valence-corrected chi connectivity index (χ1v) is 3.37. The molecule has 2 heteroatoms. The van der Waals surface area contributed by atoms with E-state index in [0.717, 1.165) is 17.9 Å². The zero-order valence-electron chi connectivity index (χ0n) is 5.44. The fourth-order valence-electron chi connectivity index (χ4n) is 0.437. The van der Waals surface area contributed by atoms with Crippen molar-refractivity contribution in [2.75, 3.05) is 6.61 Å². The van der Waals surface area contributed by atoms with Gasteiger partial charge in [-0.3, -0.25) is 0 Å². The van der Waals surface area contributed by atoms with Crippen LogP contribution in [0, 0.1) is 0 Å².